The van der Waals surface area contributed by atoms with Crippen LogP contribution < -0.4 is 5.32 Å². The fourth-order valence-corrected chi connectivity index (χ4v) is 2.59. The maximum absolute atomic E-state index is 13.7. The molecule has 0 unspecified atom stereocenters. The Bertz CT molecular complexity index is 1010. The molecule has 140 valence electrons. The van der Waals surface area contributed by atoms with Crippen LogP contribution in [0.1, 0.15) is 16.1 Å². The van der Waals surface area contributed by atoms with E-state index in [1.165, 1.54) is 24.0 Å². The summed E-state index contributed by atoms with van der Waals surface area (Å²) in [5.41, 5.74) is -0.408. The van der Waals surface area contributed by atoms with Crippen molar-refractivity contribution in [1.82, 2.24) is 9.78 Å². The number of aromatic nitrogens is 2. The van der Waals surface area contributed by atoms with Crippen molar-refractivity contribution in [3.05, 3.63) is 71.1 Å². The Hall–Kier alpha value is -3.23. The van der Waals surface area contributed by atoms with Crippen LogP contribution in [0, 0.1) is 23.3 Å². The van der Waals surface area contributed by atoms with Gasteiger partial charge in [0.05, 0.1) is 5.56 Å². The molecule has 0 aliphatic rings. The molecule has 0 spiro atoms. The van der Waals surface area contributed by atoms with E-state index in [2.05, 4.69) is 10.4 Å². The minimum absolute atomic E-state index is 0.000435. The second kappa shape index (κ2) is 7.18. The summed E-state index contributed by atoms with van der Waals surface area (Å²) in [6, 6.07) is 4.49. The quantitative estimate of drug-likeness (QED) is 0.539. The molecule has 0 saturated heterocycles. The Morgan fingerprint density at radius 1 is 1.11 bits per heavy atom. The molecule has 27 heavy (non-hydrogen) atoms. The molecular weight excluding hydrogens is 369 g/mol. The average molecular weight is 381 g/mol. The monoisotopic (exact) mass is 381 g/mol. The number of nitrogens with one attached hydrogen (secondary N) is 1. The second-order valence-electron chi connectivity index (χ2n) is 5.69. The van der Waals surface area contributed by atoms with Gasteiger partial charge in [-0.1, -0.05) is 0 Å². The summed E-state index contributed by atoms with van der Waals surface area (Å²) in [6.45, 7) is -0.978. The summed E-state index contributed by atoms with van der Waals surface area (Å²) in [5.74, 6) is -6.06. The Kier molecular flexibility index (Phi) is 4.93. The zero-order valence-corrected chi connectivity index (χ0v) is 13.9. The van der Waals surface area contributed by atoms with Gasteiger partial charge in [-0.25, -0.2) is 22.0 Å². The Balaban J connectivity index is 2.03. The summed E-state index contributed by atoms with van der Waals surface area (Å²) >= 11 is 0. The fraction of sp³-hybridized carbons (Fsp3) is 0.111. The van der Waals surface area contributed by atoms with Gasteiger partial charge >= 0.3 is 0 Å². The molecule has 1 aromatic heterocycles. The summed E-state index contributed by atoms with van der Waals surface area (Å²) in [7, 11) is 1.50. The first-order valence-corrected chi connectivity index (χ1v) is 7.64. The molecule has 1 heterocycles. The second-order valence-corrected chi connectivity index (χ2v) is 5.69. The van der Waals surface area contributed by atoms with E-state index in [0.29, 0.717) is 12.1 Å². The molecule has 2 aromatic carbocycles. The Morgan fingerprint density at radius 2 is 1.78 bits per heavy atom. The lowest BCUT2D eigenvalue weighted by Crippen LogP contribution is -2.14. The van der Waals surface area contributed by atoms with Crippen molar-refractivity contribution in [2.45, 2.75) is 6.67 Å². The van der Waals surface area contributed by atoms with Crippen molar-refractivity contribution in [1.29, 1.82) is 0 Å². The van der Waals surface area contributed by atoms with E-state index >= 15 is 0 Å². The number of carbonyl (C=O) groups is 1. The number of hydrogen-bond donors (Lipinski definition) is 1. The number of rotatable bonds is 4. The van der Waals surface area contributed by atoms with Gasteiger partial charge in [-0.15, -0.1) is 0 Å². The van der Waals surface area contributed by atoms with E-state index < -0.39 is 35.9 Å². The van der Waals surface area contributed by atoms with Gasteiger partial charge < -0.3 is 5.32 Å². The Labute approximate surface area is 150 Å². The number of halogens is 5. The van der Waals surface area contributed by atoms with Gasteiger partial charge in [-0.2, -0.15) is 5.10 Å². The summed E-state index contributed by atoms with van der Waals surface area (Å²) in [4.78, 5) is 12.4. The maximum Gasteiger partial charge on any atom is 0.259 e. The van der Waals surface area contributed by atoms with Crippen molar-refractivity contribution in [3.63, 3.8) is 0 Å². The van der Waals surface area contributed by atoms with E-state index in [9.17, 15) is 26.7 Å². The van der Waals surface area contributed by atoms with Crippen LogP contribution in [0.4, 0.5) is 27.6 Å². The van der Waals surface area contributed by atoms with Crippen molar-refractivity contribution in [3.8, 4) is 11.1 Å². The highest BCUT2D eigenvalue weighted by Gasteiger charge is 2.19. The van der Waals surface area contributed by atoms with Crippen LogP contribution in [0.5, 0.6) is 0 Å². The summed E-state index contributed by atoms with van der Waals surface area (Å²) < 4.78 is 68.2. The van der Waals surface area contributed by atoms with E-state index in [-0.39, 0.29) is 28.1 Å². The van der Waals surface area contributed by atoms with Crippen LogP contribution in [0.3, 0.4) is 0 Å². The molecule has 9 heteroatoms. The first kappa shape index (κ1) is 18.6. The minimum atomic E-state index is -1.66. The number of nitrogens with zero attached hydrogens (tertiary/aromatic N) is 2. The van der Waals surface area contributed by atoms with Crippen LogP contribution in [0.25, 0.3) is 11.1 Å². The number of benzene rings is 2. The molecule has 3 aromatic rings. The minimum Gasteiger partial charge on any atom is -0.321 e. The van der Waals surface area contributed by atoms with Gasteiger partial charge in [0.25, 0.3) is 5.91 Å². The zero-order valence-electron chi connectivity index (χ0n) is 13.9. The molecule has 0 fully saturated rings. The lowest BCUT2D eigenvalue weighted by molar-refractivity contribution is 0.102. The average Bonchev–Trinajstić information content (AvgIpc) is 3.01. The van der Waals surface area contributed by atoms with Crippen molar-refractivity contribution in [2.24, 2.45) is 7.05 Å². The molecule has 0 atom stereocenters. The summed E-state index contributed by atoms with van der Waals surface area (Å²) in [5, 5.41) is 6.23. The molecule has 4 nitrogen and oxygen atoms in total. The van der Waals surface area contributed by atoms with Crippen molar-refractivity contribution in [2.75, 3.05) is 5.32 Å². The molecule has 0 radical (unpaired) electrons. The number of alkyl halides is 1. The highest BCUT2D eigenvalue weighted by Crippen LogP contribution is 2.31. The number of carbonyl (C=O) groups excluding carboxylic acids is 1. The van der Waals surface area contributed by atoms with Gasteiger partial charge in [0.1, 0.15) is 18.2 Å². The lowest BCUT2D eigenvalue weighted by atomic mass is 10.0. The number of anilines is 1. The fourth-order valence-electron chi connectivity index (χ4n) is 2.59. The molecule has 0 aliphatic carbocycles. The van der Waals surface area contributed by atoms with Gasteiger partial charge in [-0.05, 0) is 35.9 Å². The maximum atomic E-state index is 13.7. The Morgan fingerprint density at radius 3 is 2.41 bits per heavy atom. The molecular formula is C18H12F5N3O. The first-order chi connectivity index (χ1) is 12.8. The third-order valence-corrected chi connectivity index (χ3v) is 3.80. The van der Waals surface area contributed by atoms with E-state index in [1.54, 1.807) is 0 Å². The molecule has 1 amide bonds. The molecule has 3 rings (SSSR count). The van der Waals surface area contributed by atoms with E-state index in [1.807, 2.05) is 0 Å². The highest BCUT2D eigenvalue weighted by atomic mass is 19.2. The molecule has 0 aliphatic heterocycles. The smallest absolute Gasteiger partial charge is 0.259 e. The van der Waals surface area contributed by atoms with E-state index in [4.69, 9.17) is 0 Å². The third-order valence-electron chi connectivity index (χ3n) is 3.80. The van der Waals surface area contributed by atoms with Gasteiger partial charge in [0.15, 0.2) is 17.5 Å². The molecule has 1 N–H and O–H groups in total. The van der Waals surface area contributed by atoms with Crippen LogP contribution in [0.2, 0.25) is 0 Å². The van der Waals surface area contributed by atoms with Gasteiger partial charge in [0, 0.05) is 24.5 Å². The number of aryl methyl sites for hydroxylation is 1. The zero-order chi connectivity index (χ0) is 19.7. The number of hydrogen-bond acceptors (Lipinski definition) is 2. The SMILES string of the molecule is Cn1cc(C(=O)Nc2ccc(F)cc2-c2cc(F)c(F)c(F)c2)c(CF)n1. The largest absolute Gasteiger partial charge is 0.321 e. The van der Waals surface area contributed by atoms with Crippen molar-refractivity contribution >= 4 is 11.6 Å². The lowest BCUT2D eigenvalue weighted by Gasteiger charge is -2.12. The first-order valence-electron chi connectivity index (χ1n) is 7.64. The predicted octanol–water partition coefficient (Wildman–Crippen LogP) is 4.37. The van der Waals surface area contributed by atoms with Crippen LogP contribution in [-0.4, -0.2) is 15.7 Å². The van der Waals surface area contributed by atoms with Crippen LogP contribution >= 0.6 is 0 Å². The summed E-state index contributed by atoms with van der Waals surface area (Å²) in [6.07, 6.45) is 1.30. The standard InChI is InChI=1S/C18H12F5N3O/c1-26-8-12(16(7-19)25-26)18(27)24-15-3-2-10(20)6-11(15)9-4-13(21)17(23)14(22)5-9/h2-6,8H,7H2,1H3,(H,24,27). The van der Waals surface area contributed by atoms with Crippen LogP contribution in [-0.2, 0) is 13.7 Å². The number of amides is 1. The topological polar surface area (TPSA) is 46.9 Å². The normalized spacial score (nSPS) is 10.9. The highest BCUT2D eigenvalue weighted by molar-refractivity contribution is 6.06. The predicted molar refractivity (Wildman–Crippen MR) is 87.7 cm³/mol. The molecule has 0 saturated carbocycles. The van der Waals surface area contributed by atoms with Gasteiger partial charge in [0.2, 0.25) is 0 Å². The third kappa shape index (κ3) is 3.67. The van der Waals surface area contributed by atoms with E-state index in [0.717, 1.165) is 12.1 Å². The van der Waals surface area contributed by atoms with Gasteiger partial charge in [-0.3, -0.25) is 9.48 Å². The van der Waals surface area contributed by atoms with Crippen molar-refractivity contribution < 1.29 is 26.7 Å². The molecule has 0 bridgehead atoms. The van der Waals surface area contributed by atoms with Crippen LogP contribution in [0.15, 0.2) is 36.5 Å².